The molecule has 3 N–H and O–H groups in total. The standard InChI is InChI=1S/C12H19N3O3S/c13-12-11(6-3-7-14-12)19(17,18)15(8-9-16)10-4-1-2-5-10/h3,6-7,10,16H,1-2,4-5,8-9H2,(H2,13,14). The summed E-state index contributed by atoms with van der Waals surface area (Å²) in [4.78, 5) is 3.85. The van der Waals surface area contributed by atoms with E-state index in [0.717, 1.165) is 25.7 Å². The Kier molecular flexibility index (Phi) is 4.38. The summed E-state index contributed by atoms with van der Waals surface area (Å²) >= 11 is 0. The molecular weight excluding hydrogens is 266 g/mol. The largest absolute Gasteiger partial charge is 0.395 e. The van der Waals surface area contributed by atoms with Crippen molar-refractivity contribution in [3.63, 3.8) is 0 Å². The summed E-state index contributed by atoms with van der Waals surface area (Å²) in [7, 11) is -3.69. The van der Waals surface area contributed by atoms with E-state index in [-0.39, 0.29) is 29.9 Å². The third kappa shape index (κ3) is 2.88. The summed E-state index contributed by atoms with van der Waals surface area (Å²) in [6, 6.07) is 2.96. The van der Waals surface area contributed by atoms with Crippen LogP contribution in [-0.4, -0.2) is 42.0 Å². The highest BCUT2D eigenvalue weighted by molar-refractivity contribution is 7.89. The Labute approximate surface area is 113 Å². The molecule has 1 aliphatic carbocycles. The minimum Gasteiger partial charge on any atom is -0.395 e. The number of rotatable bonds is 5. The number of hydrogen-bond acceptors (Lipinski definition) is 5. The number of nitrogens with two attached hydrogens (primary N) is 1. The molecule has 1 aromatic heterocycles. The molecular formula is C12H19N3O3S. The Morgan fingerprint density at radius 2 is 2.11 bits per heavy atom. The summed E-state index contributed by atoms with van der Waals surface area (Å²) in [5.74, 6) is 0.00318. The first-order valence-electron chi connectivity index (χ1n) is 6.40. The quantitative estimate of drug-likeness (QED) is 0.825. The average Bonchev–Trinajstić information content (AvgIpc) is 2.89. The molecule has 1 saturated carbocycles. The minimum atomic E-state index is -3.69. The number of aliphatic hydroxyl groups excluding tert-OH is 1. The van der Waals surface area contributed by atoms with E-state index in [9.17, 15) is 8.42 Å². The van der Waals surface area contributed by atoms with Gasteiger partial charge in [0.15, 0.2) is 0 Å². The summed E-state index contributed by atoms with van der Waals surface area (Å²) in [6.07, 6.45) is 5.16. The van der Waals surface area contributed by atoms with Gasteiger partial charge in [0.25, 0.3) is 0 Å². The fourth-order valence-corrected chi connectivity index (χ4v) is 4.28. The second-order valence-electron chi connectivity index (χ2n) is 4.66. The van der Waals surface area contributed by atoms with Gasteiger partial charge in [-0.15, -0.1) is 0 Å². The maximum atomic E-state index is 12.6. The van der Waals surface area contributed by atoms with Crippen molar-refractivity contribution in [1.82, 2.24) is 9.29 Å². The predicted octanol–water partition coefficient (Wildman–Crippen LogP) is 0.589. The molecule has 1 heterocycles. The molecule has 7 heteroatoms. The van der Waals surface area contributed by atoms with Crippen LogP contribution in [0.3, 0.4) is 0 Å². The summed E-state index contributed by atoms with van der Waals surface area (Å²) < 4.78 is 26.6. The number of sulfonamides is 1. The molecule has 1 aliphatic rings. The third-order valence-electron chi connectivity index (χ3n) is 3.44. The number of hydrogen-bond donors (Lipinski definition) is 2. The molecule has 2 rings (SSSR count). The van der Waals surface area contributed by atoms with Crippen molar-refractivity contribution in [2.24, 2.45) is 0 Å². The first kappa shape index (κ1) is 14.2. The van der Waals surface area contributed by atoms with E-state index in [4.69, 9.17) is 10.8 Å². The molecule has 0 bridgehead atoms. The molecule has 19 heavy (non-hydrogen) atoms. The van der Waals surface area contributed by atoms with Crippen molar-refractivity contribution >= 4 is 15.8 Å². The Hall–Kier alpha value is -1.18. The second-order valence-corrected chi connectivity index (χ2v) is 6.52. The monoisotopic (exact) mass is 285 g/mol. The predicted molar refractivity (Wildman–Crippen MR) is 71.9 cm³/mol. The number of anilines is 1. The highest BCUT2D eigenvalue weighted by atomic mass is 32.2. The van der Waals surface area contributed by atoms with Gasteiger partial charge >= 0.3 is 0 Å². The van der Waals surface area contributed by atoms with E-state index in [0.29, 0.717) is 0 Å². The Bertz CT molecular complexity index is 527. The Balaban J connectivity index is 2.36. The lowest BCUT2D eigenvalue weighted by Gasteiger charge is -2.27. The smallest absolute Gasteiger partial charge is 0.247 e. The summed E-state index contributed by atoms with van der Waals surface area (Å²) in [5.41, 5.74) is 5.66. The van der Waals surface area contributed by atoms with E-state index in [1.807, 2.05) is 0 Å². The van der Waals surface area contributed by atoms with Crippen molar-refractivity contribution in [2.45, 2.75) is 36.6 Å². The fraction of sp³-hybridized carbons (Fsp3) is 0.583. The van der Waals surface area contributed by atoms with Crippen LogP contribution in [0.2, 0.25) is 0 Å². The molecule has 0 spiro atoms. The van der Waals surface area contributed by atoms with Gasteiger partial charge in [0, 0.05) is 18.8 Å². The highest BCUT2D eigenvalue weighted by Gasteiger charge is 2.34. The van der Waals surface area contributed by atoms with Crippen molar-refractivity contribution in [1.29, 1.82) is 0 Å². The number of nitrogens with zero attached hydrogens (tertiary/aromatic N) is 2. The Morgan fingerprint density at radius 3 is 2.68 bits per heavy atom. The minimum absolute atomic E-state index is 0.00318. The van der Waals surface area contributed by atoms with Gasteiger partial charge < -0.3 is 10.8 Å². The molecule has 1 fully saturated rings. The SMILES string of the molecule is Nc1ncccc1S(=O)(=O)N(CCO)C1CCCC1. The number of pyridine rings is 1. The van der Waals surface area contributed by atoms with Crippen molar-refractivity contribution in [3.8, 4) is 0 Å². The number of aromatic nitrogens is 1. The summed E-state index contributed by atoms with van der Waals surface area (Å²) in [5, 5.41) is 9.12. The summed E-state index contributed by atoms with van der Waals surface area (Å²) in [6.45, 7) is -0.1000. The number of aliphatic hydroxyl groups is 1. The van der Waals surface area contributed by atoms with E-state index in [1.165, 1.54) is 16.6 Å². The second kappa shape index (κ2) is 5.85. The lowest BCUT2D eigenvalue weighted by atomic mass is 10.2. The van der Waals surface area contributed by atoms with Gasteiger partial charge in [-0.25, -0.2) is 13.4 Å². The van der Waals surface area contributed by atoms with Crippen LogP contribution in [0, 0.1) is 0 Å². The van der Waals surface area contributed by atoms with Crippen LogP contribution in [0.15, 0.2) is 23.2 Å². The molecule has 0 unspecified atom stereocenters. The van der Waals surface area contributed by atoms with Crippen molar-refractivity contribution in [3.05, 3.63) is 18.3 Å². The molecule has 0 amide bonds. The van der Waals surface area contributed by atoms with Crippen LogP contribution < -0.4 is 5.73 Å². The van der Waals surface area contributed by atoms with Crippen LogP contribution in [-0.2, 0) is 10.0 Å². The lowest BCUT2D eigenvalue weighted by Crippen LogP contribution is -2.41. The van der Waals surface area contributed by atoms with E-state index in [2.05, 4.69) is 4.98 Å². The van der Waals surface area contributed by atoms with Crippen LogP contribution in [0.4, 0.5) is 5.82 Å². The molecule has 0 aromatic carbocycles. The van der Waals surface area contributed by atoms with Gasteiger partial charge in [0.1, 0.15) is 10.7 Å². The molecule has 106 valence electrons. The average molecular weight is 285 g/mol. The molecule has 0 atom stereocenters. The normalized spacial score (nSPS) is 17.2. The molecule has 0 saturated heterocycles. The van der Waals surface area contributed by atoms with Crippen LogP contribution >= 0.6 is 0 Å². The topological polar surface area (TPSA) is 96.5 Å². The maximum absolute atomic E-state index is 12.6. The Morgan fingerprint density at radius 1 is 1.42 bits per heavy atom. The fourth-order valence-electron chi connectivity index (χ4n) is 2.54. The van der Waals surface area contributed by atoms with Gasteiger partial charge in [-0.05, 0) is 25.0 Å². The molecule has 6 nitrogen and oxygen atoms in total. The molecule has 0 aliphatic heterocycles. The van der Waals surface area contributed by atoms with Gasteiger partial charge in [-0.3, -0.25) is 0 Å². The van der Waals surface area contributed by atoms with Gasteiger partial charge in [-0.2, -0.15) is 4.31 Å². The van der Waals surface area contributed by atoms with E-state index in [1.54, 1.807) is 6.07 Å². The van der Waals surface area contributed by atoms with Crippen molar-refractivity contribution < 1.29 is 13.5 Å². The third-order valence-corrected chi connectivity index (χ3v) is 5.44. The zero-order chi connectivity index (χ0) is 13.9. The van der Waals surface area contributed by atoms with Crippen LogP contribution in [0.25, 0.3) is 0 Å². The lowest BCUT2D eigenvalue weighted by molar-refractivity contribution is 0.226. The van der Waals surface area contributed by atoms with Crippen molar-refractivity contribution in [2.75, 3.05) is 18.9 Å². The van der Waals surface area contributed by atoms with Gasteiger partial charge in [-0.1, -0.05) is 12.8 Å². The molecule has 1 aromatic rings. The van der Waals surface area contributed by atoms with Crippen LogP contribution in [0.1, 0.15) is 25.7 Å². The zero-order valence-corrected chi connectivity index (χ0v) is 11.5. The van der Waals surface area contributed by atoms with Gasteiger partial charge in [0.2, 0.25) is 10.0 Å². The maximum Gasteiger partial charge on any atom is 0.247 e. The van der Waals surface area contributed by atoms with Gasteiger partial charge in [0.05, 0.1) is 6.61 Å². The first-order chi connectivity index (χ1) is 9.07. The van der Waals surface area contributed by atoms with Crippen LogP contribution in [0.5, 0.6) is 0 Å². The first-order valence-corrected chi connectivity index (χ1v) is 7.84. The van der Waals surface area contributed by atoms with E-state index < -0.39 is 10.0 Å². The number of nitrogen functional groups attached to an aromatic ring is 1. The molecule has 0 radical (unpaired) electrons. The van der Waals surface area contributed by atoms with E-state index >= 15 is 0 Å². The zero-order valence-electron chi connectivity index (χ0n) is 10.7. The highest BCUT2D eigenvalue weighted by Crippen LogP contribution is 2.29.